The summed E-state index contributed by atoms with van der Waals surface area (Å²) in [7, 11) is 0. The highest BCUT2D eigenvalue weighted by atomic mass is 15.5. The van der Waals surface area contributed by atoms with Crippen molar-refractivity contribution in [1.29, 1.82) is 0 Å². The fraction of sp³-hybridized carbons (Fsp3) is 0.0952. The van der Waals surface area contributed by atoms with Crippen molar-refractivity contribution in [3.05, 3.63) is 90.8 Å². The monoisotopic (exact) mass is 340 g/mol. The van der Waals surface area contributed by atoms with Gasteiger partial charge in [-0.1, -0.05) is 59.8 Å². The Morgan fingerprint density at radius 3 is 2.38 bits per heavy atom. The number of aromatic nitrogens is 5. The average Bonchev–Trinajstić information content (AvgIpc) is 3.26. The quantitative estimate of drug-likeness (QED) is 0.471. The molecular weight excluding hydrogens is 322 g/mol. The van der Waals surface area contributed by atoms with Gasteiger partial charge in [-0.3, -0.25) is 0 Å². The van der Waals surface area contributed by atoms with Crippen molar-refractivity contribution < 1.29 is 4.57 Å². The molecule has 0 atom stereocenters. The molecule has 3 aromatic carbocycles. The van der Waals surface area contributed by atoms with Crippen molar-refractivity contribution in [2.45, 2.75) is 13.2 Å². The van der Waals surface area contributed by atoms with Crippen LogP contribution >= 0.6 is 0 Å². The molecule has 0 amide bonds. The van der Waals surface area contributed by atoms with Gasteiger partial charge in [-0.2, -0.15) is 0 Å². The maximum Gasteiger partial charge on any atom is 0.246 e. The van der Waals surface area contributed by atoms with Crippen LogP contribution in [0.25, 0.3) is 22.1 Å². The number of rotatable bonds is 4. The number of benzene rings is 3. The molecule has 5 nitrogen and oxygen atoms in total. The number of hydrogen-bond donors (Lipinski definition) is 0. The first kappa shape index (κ1) is 14.8. The molecule has 26 heavy (non-hydrogen) atoms. The summed E-state index contributed by atoms with van der Waals surface area (Å²) in [6.07, 6.45) is 2.16. The first-order valence-corrected chi connectivity index (χ1v) is 8.68. The van der Waals surface area contributed by atoms with Crippen LogP contribution in [0.5, 0.6) is 0 Å². The molecule has 0 fully saturated rings. The first-order chi connectivity index (χ1) is 12.9. The third-order valence-electron chi connectivity index (χ3n) is 4.68. The lowest BCUT2D eigenvalue weighted by Gasteiger charge is -1.99. The molecule has 126 valence electrons. The van der Waals surface area contributed by atoms with Crippen LogP contribution in [0.3, 0.4) is 0 Å². The second kappa shape index (κ2) is 6.11. The summed E-state index contributed by atoms with van der Waals surface area (Å²) in [4.78, 5) is 0. The molecule has 0 saturated heterocycles. The van der Waals surface area contributed by atoms with Crippen LogP contribution in [0.2, 0.25) is 0 Å². The van der Waals surface area contributed by atoms with E-state index < -0.39 is 0 Å². The van der Waals surface area contributed by atoms with Gasteiger partial charge in [0.05, 0.1) is 5.52 Å². The minimum atomic E-state index is 0.628. The van der Waals surface area contributed by atoms with Crippen LogP contribution in [-0.4, -0.2) is 19.6 Å². The van der Waals surface area contributed by atoms with E-state index in [1.165, 1.54) is 16.6 Å². The van der Waals surface area contributed by atoms with Crippen molar-refractivity contribution in [2.24, 2.45) is 0 Å². The molecule has 0 N–H and O–H groups in total. The molecule has 0 radical (unpaired) electrons. The highest BCUT2D eigenvalue weighted by Gasteiger charge is 2.17. The molecule has 2 heterocycles. The van der Waals surface area contributed by atoms with E-state index in [4.69, 9.17) is 0 Å². The second-order valence-corrected chi connectivity index (χ2v) is 6.41. The largest absolute Gasteiger partial charge is 0.246 e. The molecule has 0 aliphatic carbocycles. The highest BCUT2D eigenvalue weighted by molar-refractivity contribution is 5.74. The smallest absolute Gasteiger partial charge is 0.226 e. The lowest BCUT2D eigenvalue weighted by molar-refractivity contribution is -0.677. The molecule has 0 spiro atoms. The Labute approximate surface area is 150 Å². The van der Waals surface area contributed by atoms with Crippen LogP contribution < -0.4 is 4.57 Å². The van der Waals surface area contributed by atoms with E-state index in [1.807, 2.05) is 28.9 Å². The van der Waals surface area contributed by atoms with Crippen molar-refractivity contribution >= 4 is 22.1 Å². The topological polar surface area (TPSA) is 39.5 Å². The van der Waals surface area contributed by atoms with Gasteiger partial charge in [-0.15, -0.1) is 5.10 Å². The van der Waals surface area contributed by atoms with Crippen LogP contribution in [0.1, 0.15) is 5.56 Å². The van der Waals surface area contributed by atoms with E-state index in [0.29, 0.717) is 6.67 Å². The van der Waals surface area contributed by atoms with Crippen molar-refractivity contribution in [3.63, 3.8) is 0 Å². The summed E-state index contributed by atoms with van der Waals surface area (Å²) in [6.45, 7) is 1.47. The molecule has 2 aromatic heterocycles. The van der Waals surface area contributed by atoms with Gasteiger partial charge in [0.15, 0.2) is 17.7 Å². The van der Waals surface area contributed by atoms with Gasteiger partial charge in [0.1, 0.15) is 12.1 Å². The Bertz CT molecular complexity index is 1190. The van der Waals surface area contributed by atoms with E-state index in [9.17, 15) is 0 Å². The van der Waals surface area contributed by atoms with Crippen LogP contribution in [0.4, 0.5) is 0 Å². The fourth-order valence-corrected chi connectivity index (χ4v) is 3.43. The zero-order valence-electron chi connectivity index (χ0n) is 14.2. The molecule has 0 unspecified atom stereocenters. The summed E-state index contributed by atoms with van der Waals surface area (Å²) in [5, 5.41) is 8.59. The molecular formula is C21H18N5+. The molecule has 0 aliphatic heterocycles. The highest BCUT2D eigenvalue weighted by Crippen LogP contribution is 2.14. The fourth-order valence-electron chi connectivity index (χ4n) is 3.43. The number of hydrogen-bond acceptors (Lipinski definition) is 2. The first-order valence-electron chi connectivity index (χ1n) is 8.68. The van der Waals surface area contributed by atoms with Crippen molar-refractivity contribution in [3.8, 4) is 0 Å². The van der Waals surface area contributed by atoms with Crippen LogP contribution in [0.15, 0.2) is 85.2 Å². The van der Waals surface area contributed by atoms with Crippen LogP contribution in [-0.2, 0) is 13.2 Å². The Kier molecular flexibility index (Phi) is 3.49. The normalized spacial score (nSPS) is 11.4. The molecule has 0 saturated carbocycles. The van der Waals surface area contributed by atoms with Gasteiger partial charge in [0.25, 0.3) is 0 Å². The predicted octanol–water partition coefficient (Wildman–Crippen LogP) is 3.23. The average molecular weight is 340 g/mol. The molecule has 5 aromatic rings. The number of para-hydroxylation sites is 3. The number of imidazole rings is 1. The minimum Gasteiger partial charge on any atom is -0.226 e. The summed E-state index contributed by atoms with van der Waals surface area (Å²) in [5.41, 5.74) is 5.64. The standard InChI is InChI=1S/C21H18N5/c1-2-8-17(9-3-1)14-24-15-25(21-13-7-6-12-20(21)24)16-26-19-11-5-4-10-18(19)22-23-26/h1-13,15H,14,16H2/q+1. The number of fused-ring (bicyclic) bond motifs is 2. The number of nitrogens with zero attached hydrogens (tertiary/aromatic N) is 5. The summed E-state index contributed by atoms with van der Waals surface area (Å²) < 4.78 is 6.44. The van der Waals surface area contributed by atoms with E-state index in [0.717, 1.165) is 17.6 Å². The van der Waals surface area contributed by atoms with Crippen molar-refractivity contribution in [2.75, 3.05) is 0 Å². The lowest BCUT2D eigenvalue weighted by Crippen LogP contribution is -2.36. The third kappa shape index (κ3) is 2.54. The van der Waals surface area contributed by atoms with Gasteiger partial charge < -0.3 is 0 Å². The van der Waals surface area contributed by atoms with Crippen molar-refractivity contribution in [1.82, 2.24) is 19.6 Å². The van der Waals surface area contributed by atoms with Gasteiger partial charge in [0, 0.05) is 0 Å². The summed E-state index contributed by atoms with van der Waals surface area (Å²) in [6, 6.07) is 27.0. The Balaban J connectivity index is 1.58. The second-order valence-electron chi connectivity index (χ2n) is 6.41. The van der Waals surface area contributed by atoms with Gasteiger partial charge in [-0.05, 0) is 29.8 Å². The van der Waals surface area contributed by atoms with Crippen LogP contribution in [0, 0.1) is 0 Å². The molecule has 0 bridgehead atoms. The zero-order valence-corrected chi connectivity index (χ0v) is 14.2. The predicted molar refractivity (Wildman–Crippen MR) is 101 cm³/mol. The van der Waals surface area contributed by atoms with E-state index >= 15 is 0 Å². The van der Waals surface area contributed by atoms with E-state index in [1.54, 1.807) is 0 Å². The van der Waals surface area contributed by atoms with E-state index in [-0.39, 0.29) is 0 Å². The van der Waals surface area contributed by atoms with E-state index in [2.05, 4.69) is 80.4 Å². The summed E-state index contributed by atoms with van der Waals surface area (Å²) in [5.74, 6) is 0. The Morgan fingerprint density at radius 2 is 1.50 bits per heavy atom. The Hall–Kier alpha value is -3.47. The SMILES string of the molecule is c1ccc(Cn2c[n+](Cn3nnc4ccccc43)c3ccccc32)cc1. The maximum atomic E-state index is 4.33. The minimum absolute atomic E-state index is 0.628. The maximum absolute atomic E-state index is 4.33. The van der Waals surface area contributed by atoms with Gasteiger partial charge >= 0.3 is 0 Å². The van der Waals surface area contributed by atoms with Gasteiger partial charge in [0.2, 0.25) is 6.33 Å². The summed E-state index contributed by atoms with van der Waals surface area (Å²) >= 11 is 0. The molecule has 5 heteroatoms. The molecule has 5 rings (SSSR count). The lowest BCUT2D eigenvalue weighted by atomic mass is 10.2. The van der Waals surface area contributed by atoms with Gasteiger partial charge in [-0.25, -0.2) is 13.8 Å². The molecule has 0 aliphatic rings. The third-order valence-corrected chi connectivity index (χ3v) is 4.68. The Morgan fingerprint density at radius 1 is 0.769 bits per heavy atom. The zero-order chi connectivity index (χ0) is 17.3.